The van der Waals surface area contributed by atoms with Crippen LogP contribution in [0.5, 0.6) is 0 Å². The van der Waals surface area contributed by atoms with Crippen LogP contribution in [0.4, 0.5) is 13.2 Å². The Kier molecular flexibility index (Phi) is 5.24. The molecular weight excluding hydrogens is 365 g/mol. The molecule has 8 heteroatoms. The summed E-state index contributed by atoms with van der Waals surface area (Å²) in [5.74, 6) is -4.91. The second kappa shape index (κ2) is 6.73. The van der Waals surface area contributed by atoms with Crippen molar-refractivity contribution in [3.63, 3.8) is 0 Å². The summed E-state index contributed by atoms with van der Waals surface area (Å²) in [5.41, 5.74) is -3.30. The van der Waals surface area contributed by atoms with Gasteiger partial charge in [0.15, 0.2) is 5.76 Å². The van der Waals surface area contributed by atoms with Crippen molar-refractivity contribution in [1.29, 1.82) is 0 Å². The molecule has 1 saturated carbocycles. The maximum Gasteiger partial charge on any atom is 0.367 e. The minimum Gasteiger partial charge on any atom is -0.481 e. The first-order valence-corrected chi connectivity index (χ1v) is 8.43. The molecule has 0 spiro atoms. The lowest BCUT2D eigenvalue weighted by Gasteiger charge is -2.18. The van der Waals surface area contributed by atoms with E-state index < -0.39 is 52.3 Å². The Bertz CT molecular complexity index is 773. The normalized spacial score (nSPS) is 24.8. The molecule has 1 aliphatic rings. The molecule has 1 aromatic heterocycles. The number of furan rings is 1. The number of rotatable bonds is 6. The summed E-state index contributed by atoms with van der Waals surface area (Å²) >= 11 is 0. The van der Waals surface area contributed by atoms with Crippen molar-refractivity contribution in [3.05, 3.63) is 35.6 Å². The fraction of sp³-hybridized carbons (Fsp3) is 0.579. The first-order valence-electron chi connectivity index (χ1n) is 8.43. The third-order valence-electron chi connectivity index (χ3n) is 5.01. The molecule has 0 radical (unpaired) electrons. The number of halogens is 3. The van der Waals surface area contributed by atoms with Crippen molar-refractivity contribution in [2.45, 2.75) is 53.1 Å². The third-order valence-corrected chi connectivity index (χ3v) is 5.01. The number of hydrogen-bond acceptors (Lipinski definition) is 4. The Morgan fingerprint density at radius 1 is 1.33 bits per heavy atom. The highest BCUT2D eigenvalue weighted by molar-refractivity contribution is 5.88. The van der Waals surface area contributed by atoms with E-state index in [0.717, 1.165) is 12.1 Å². The lowest BCUT2D eigenvalue weighted by Crippen LogP contribution is -2.25. The number of carboxylic acid groups (broad SMARTS) is 1. The molecule has 1 heterocycles. The van der Waals surface area contributed by atoms with Crippen molar-refractivity contribution in [2.24, 2.45) is 16.7 Å². The lowest BCUT2D eigenvalue weighted by atomic mass is 9.91. The summed E-state index contributed by atoms with van der Waals surface area (Å²) in [4.78, 5) is 23.8. The Labute approximate surface area is 155 Å². The summed E-state index contributed by atoms with van der Waals surface area (Å²) in [7, 11) is 0. The topological polar surface area (TPSA) is 76.7 Å². The molecule has 2 atom stereocenters. The van der Waals surface area contributed by atoms with Gasteiger partial charge in [0, 0.05) is 12.3 Å². The molecule has 150 valence electrons. The van der Waals surface area contributed by atoms with Gasteiger partial charge in [-0.15, -0.1) is 0 Å². The highest BCUT2D eigenvalue weighted by atomic mass is 19.3. The molecular formula is C19H23F3O5. The first-order chi connectivity index (χ1) is 12.2. The van der Waals surface area contributed by atoms with Gasteiger partial charge in [0.05, 0.1) is 5.41 Å². The molecule has 5 nitrogen and oxygen atoms in total. The van der Waals surface area contributed by atoms with Crippen molar-refractivity contribution in [1.82, 2.24) is 0 Å². The van der Waals surface area contributed by atoms with Crippen LogP contribution >= 0.6 is 0 Å². The van der Waals surface area contributed by atoms with E-state index in [-0.39, 0.29) is 12.2 Å². The number of carboxylic acids is 1. The van der Waals surface area contributed by atoms with Gasteiger partial charge in [0.2, 0.25) is 5.83 Å². The summed E-state index contributed by atoms with van der Waals surface area (Å²) in [5, 5.41) is 9.77. The van der Waals surface area contributed by atoms with Crippen LogP contribution in [-0.2, 0) is 20.7 Å². The molecule has 1 fully saturated rings. The highest BCUT2D eigenvalue weighted by Crippen LogP contribution is 2.71. The summed E-state index contributed by atoms with van der Waals surface area (Å²) in [6.45, 7) is 7.97. The number of aliphatic carboxylic acids is 1. The molecule has 0 aromatic carbocycles. The zero-order chi connectivity index (χ0) is 20.8. The molecule has 1 N–H and O–H groups in total. The zero-order valence-electron chi connectivity index (χ0n) is 15.8. The van der Waals surface area contributed by atoms with Crippen molar-refractivity contribution >= 4 is 11.9 Å². The predicted molar refractivity (Wildman–Crippen MR) is 89.7 cm³/mol. The monoisotopic (exact) mass is 388 g/mol. The molecule has 0 bridgehead atoms. The average molecular weight is 388 g/mol. The lowest BCUT2D eigenvalue weighted by molar-refractivity contribution is -0.152. The summed E-state index contributed by atoms with van der Waals surface area (Å²) in [6, 6.07) is 2.36. The fourth-order valence-corrected chi connectivity index (χ4v) is 3.49. The summed E-state index contributed by atoms with van der Waals surface area (Å²) < 4.78 is 49.6. The summed E-state index contributed by atoms with van der Waals surface area (Å²) in [6.07, 6.45) is -2.07. The van der Waals surface area contributed by atoms with Crippen LogP contribution in [0.25, 0.3) is 0 Å². The number of ether oxygens (including phenoxy) is 1. The SMILES string of the molecule is CC(C)(C)OC(=O)C(F)=C[C@H]1C(C)(C)[C@@]1(Cc1ccc(C(F)F)o1)C(=O)O. The van der Waals surface area contributed by atoms with Gasteiger partial charge in [-0.25, -0.2) is 13.6 Å². The first kappa shape index (κ1) is 21.1. The number of esters is 1. The van der Waals surface area contributed by atoms with Crippen LogP contribution in [0.2, 0.25) is 0 Å². The van der Waals surface area contributed by atoms with Gasteiger partial charge >= 0.3 is 11.9 Å². The van der Waals surface area contributed by atoms with Gasteiger partial charge < -0.3 is 14.3 Å². The Morgan fingerprint density at radius 2 is 1.93 bits per heavy atom. The molecule has 1 aliphatic carbocycles. The van der Waals surface area contributed by atoms with Crippen molar-refractivity contribution in [3.8, 4) is 0 Å². The average Bonchev–Trinajstić information content (AvgIpc) is 2.85. The van der Waals surface area contributed by atoms with Gasteiger partial charge in [-0.05, 0) is 44.4 Å². The van der Waals surface area contributed by atoms with Crippen LogP contribution in [0, 0.1) is 16.7 Å². The predicted octanol–water partition coefficient (Wildman–Crippen LogP) is 4.68. The molecule has 1 aromatic rings. The maximum atomic E-state index is 14.3. The molecule has 0 amide bonds. The molecule has 0 unspecified atom stereocenters. The Hall–Kier alpha value is -2.25. The van der Waals surface area contributed by atoms with Crippen LogP contribution in [0.15, 0.2) is 28.5 Å². The van der Waals surface area contributed by atoms with E-state index in [1.165, 1.54) is 6.07 Å². The Morgan fingerprint density at radius 3 is 2.37 bits per heavy atom. The van der Waals surface area contributed by atoms with E-state index >= 15 is 0 Å². The van der Waals surface area contributed by atoms with Crippen LogP contribution in [0.1, 0.15) is 52.6 Å². The molecule has 2 rings (SSSR count). The zero-order valence-corrected chi connectivity index (χ0v) is 15.8. The van der Waals surface area contributed by atoms with Gasteiger partial charge in [-0.3, -0.25) is 4.79 Å². The van der Waals surface area contributed by atoms with Gasteiger partial charge in [0.1, 0.15) is 11.4 Å². The fourth-order valence-electron chi connectivity index (χ4n) is 3.49. The third kappa shape index (κ3) is 3.89. The standard InChI is InChI=1S/C19H23F3O5/c1-17(2,3)27-15(23)11(20)8-13-18(4,5)19(13,16(24)25)9-10-6-7-12(26-10)14(21)22/h6-8,13-14H,9H2,1-5H3,(H,24,25)/t13-,19+/m0/s1. The van der Waals surface area contributed by atoms with Crippen LogP contribution in [-0.4, -0.2) is 22.6 Å². The van der Waals surface area contributed by atoms with E-state index in [1.54, 1.807) is 34.6 Å². The second-order valence-corrected chi connectivity index (χ2v) is 8.27. The number of allylic oxidation sites excluding steroid dienone is 1. The quantitative estimate of drug-likeness (QED) is 0.566. The molecule has 0 saturated heterocycles. The number of hydrogen-bond donors (Lipinski definition) is 1. The largest absolute Gasteiger partial charge is 0.481 e. The van der Waals surface area contributed by atoms with E-state index in [0.29, 0.717) is 0 Å². The van der Waals surface area contributed by atoms with Gasteiger partial charge in [0.25, 0.3) is 6.43 Å². The van der Waals surface area contributed by atoms with Crippen molar-refractivity contribution in [2.75, 3.05) is 0 Å². The minimum absolute atomic E-state index is 0.0642. The number of alkyl halides is 2. The van der Waals surface area contributed by atoms with E-state index in [2.05, 4.69) is 0 Å². The number of carbonyl (C=O) groups excluding carboxylic acids is 1. The van der Waals surface area contributed by atoms with Crippen molar-refractivity contribution < 1.29 is 37.0 Å². The van der Waals surface area contributed by atoms with Crippen LogP contribution in [0.3, 0.4) is 0 Å². The Balaban J connectivity index is 2.29. The van der Waals surface area contributed by atoms with E-state index in [4.69, 9.17) is 9.15 Å². The smallest absolute Gasteiger partial charge is 0.367 e. The minimum atomic E-state index is -2.81. The maximum absolute atomic E-state index is 14.3. The van der Waals surface area contributed by atoms with Crippen LogP contribution < -0.4 is 0 Å². The highest BCUT2D eigenvalue weighted by Gasteiger charge is 2.75. The van der Waals surface area contributed by atoms with Gasteiger partial charge in [-0.2, -0.15) is 4.39 Å². The number of carbonyl (C=O) groups is 2. The van der Waals surface area contributed by atoms with E-state index in [9.17, 15) is 27.9 Å². The van der Waals surface area contributed by atoms with E-state index in [1.807, 2.05) is 0 Å². The molecule has 27 heavy (non-hydrogen) atoms. The molecule has 0 aliphatic heterocycles. The van der Waals surface area contributed by atoms with Gasteiger partial charge in [-0.1, -0.05) is 13.8 Å². The second-order valence-electron chi connectivity index (χ2n) is 8.27.